The van der Waals surface area contributed by atoms with Crippen LogP contribution < -0.4 is 0 Å². The van der Waals surface area contributed by atoms with Crippen LogP contribution in [0, 0.1) is 0 Å². The molecule has 0 saturated heterocycles. The predicted molar refractivity (Wildman–Crippen MR) is 61.8 cm³/mol. The van der Waals surface area contributed by atoms with E-state index in [0.29, 0.717) is 13.2 Å². The lowest BCUT2D eigenvalue weighted by Crippen LogP contribution is -2.29. The average molecular weight is 218 g/mol. The summed E-state index contributed by atoms with van der Waals surface area (Å²) >= 11 is 0. The Labute approximate surface area is 93.8 Å². The predicted octanol–water partition coefficient (Wildman–Crippen LogP) is 2.72. The zero-order valence-corrected chi connectivity index (χ0v) is 10.6. The van der Waals surface area contributed by atoms with Crippen LogP contribution in [-0.2, 0) is 9.47 Å². The van der Waals surface area contributed by atoms with Crippen molar-refractivity contribution in [3.63, 3.8) is 0 Å². The van der Waals surface area contributed by atoms with Crippen molar-refractivity contribution in [3.8, 4) is 0 Å². The summed E-state index contributed by atoms with van der Waals surface area (Å²) in [6, 6.07) is 0. The van der Waals surface area contributed by atoms with Gasteiger partial charge >= 0.3 is 0 Å². The third-order valence-electron chi connectivity index (χ3n) is 2.87. The second-order valence-corrected chi connectivity index (χ2v) is 3.81. The molecule has 1 N–H and O–H groups in total. The van der Waals surface area contributed by atoms with Crippen LogP contribution in [0.1, 0.15) is 53.4 Å². The van der Waals surface area contributed by atoms with Gasteiger partial charge in [0.1, 0.15) is 0 Å². The maximum absolute atomic E-state index is 10.1. The number of hydrogen-bond acceptors (Lipinski definition) is 3. The third kappa shape index (κ3) is 6.13. The molecule has 0 aliphatic carbocycles. The smallest absolute Gasteiger partial charge is 0.157 e. The Kier molecular flexibility index (Phi) is 8.02. The molecule has 0 aromatic carbocycles. The quantitative estimate of drug-likeness (QED) is 0.605. The Balaban J connectivity index is 3.95. The highest BCUT2D eigenvalue weighted by atomic mass is 16.7. The lowest BCUT2D eigenvalue weighted by atomic mass is 9.92. The second-order valence-electron chi connectivity index (χ2n) is 3.81. The molecule has 15 heavy (non-hydrogen) atoms. The molecule has 0 heterocycles. The van der Waals surface area contributed by atoms with Gasteiger partial charge in [-0.1, -0.05) is 13.8 Å². The van der Waals surface area contributed by atoms with Gasteiger partial charge in [0.05, 0.1) is 5.60 Å². The van der Waals surface area contributed by atoms with Crippen molar-refractivity contribution in [3.05, 3.63) is 0 Å². The largest absolute Gasteiger partial charge is 0.390 e. The highest BCUT2D eigenvalue weighted by Crippen LogP contribution is 2.22. The first-order chi connectivity index (χ1) is 7.11. The summed E-state index contributed by atoms with van der Waals surface area (Å²) in [7, 11) is 0. The third-order valence-corrected chi connectivity index (χ3v) is 2.87. The van der Waals surface area contributed by atoms with Crippen molar-refractivity contribution in [2.75, 3.05) is 13.2 Å². The van der Waals surface area contributed by atoms with Crippen molar-refractivity contribution in [2.45, 2.75) is 65.3 Å². The molecular weight excluding hydrogens is 192 g/mol. The number of hydrogen-bond donors (Lipinski definition) is 1. The second kappa shape index (κ2) is 8.08. The van der Waals surface area contributed by atoms with Gasteiger partial charge < -0.3 is 14.6 Å². The first-order valence-electron chi connectivity index (χ1n) is 6.07. The van der Waals surface area contributed by atoms with Crippen LogP contribution in [0.25, 0.3) is 0 Å². The van der Waals surface area contributed by atoms with E-state index < -0.39 is 5.60 Å². The molecular formula is C12H26O3. The molecule has 92 valence electrons. The van der Waals surface area contributed by atoms with Gasteiger partial charge in [0.2, 0.25) is 0 Å². The molecule has 0 rings (SSSR count). The minimum Gasteiger partial charge on any atom is -0.390 e. The molecule has 0 aliphatic heterocycles. The van der Waals surface area contributed by atoms with Crippen LogP contribution in [-0.4, -0.2) is 30.2 Å². The molecule has 3 heteroatoms. The maximum atomic E-state index is 10.1. The van der Waals surface area contributed by atoms with Gasteiger partial charge in [-0.05, 0) is 33.1 Å². The number of aliphatic hydroxyl groups is 1. The van der Waals surface area contributed by atoms with E-state index in [2.05, 4.69) is 0 Å². The average Bonchev–Trinajstić information content (AvgIpc) is 2.26. The SMILES string of the molecule is CCOC(CCC(O)(CC)CC)OCC. The molecule has 0 amide bonds. The van der Waals surface area contributed by atoms with Gasteiger partial charge in [-0.3, -0.25) is 0 Å². The molecule has 0 bridgehead atoms. The Morgan fingerprint density at radius 3 is 1.80 bits per heavy atom. The minimum absolute atomic E-state index is 0.162. The van der Waals surface area contributed by atoms with E-state index in [1.54, 1.807) is 0 Å². The summed E-state index contributed by atoms with van der Waals surface area (Å²) in [6.07, 6.45) is 2.91. The van der Waals surface area contributed by atoms with E-state index in [1.165, 1.54) is 0 Å². The van der Waals surface area contributed by atoms with Crippen LogP contribution >= 0.6 is 0 Å². The minimum atomic E-state index is -0.549. The molecule has 0 aliphatic rings. The molecule has 0 saturated carbocycles. The molecule has 0 aromatic heterocycles. The van der Waals surface area contributed by atoms with Crippen LogP contribution in [0.5, 0.6) is 0 Å². The van der Waals surface area contributed by atoms with Crippen molar-refractivity contribution >= 4 is 0 Å². The normalized spacial score (nSPS) is 12.4. The summed E-state index contributed by atoms with van der Waals surface area (Å²) in [5.41, 5.74) is -0.549. The lowest BCUT2D eigenvalue weighted by Gasteiger charge is -2.27. The van der Waals surface area contributed by atoms with E-state index in [-0.39, 0.29) is 6.29 Å². The molecule has 0 spiro atoms. The molecule has 3 nitrogen and oxygen atoms in total. The van der Waals surface area contributed by atoms with Crippen LogP contribution in [0.3, 0.4) is 0 Å². The van der Waals surface area contributed by atoms with Crippen molar-refractivity contribution in [1.29, 1.82) is 0 Å². The van der Waals surface area contributed by atoms with Gasteiger partial charge in [-0.25, -0.2) is 0 Å². The summed E-state index contributed by atoms with van der Waals surface area (Å²) < 4.78 is 10.9. The van der Waals surface area contributed by atoms with Gasteiger partial charge in [0.15, 0.2) is 6.29 Å². The first kappa shape index (κ1) is 14.9. The maximum Gasteiger partial charge on any atom is 0.157 e. The summed E-state index contributed by atoms with van der Waals surface area (Å²) in [5, 5.41) is 10.1. The number of rotatable bonds is 9. The van der Waals surface area contributed by atoms with Crippen LogP contribution in [0.2, 0.25) is 0 Å². The van der Waals surface area contributed by atoms with E-state index >= 15 is 0 Å². The van der Waals surface area contributed by atoms with Crippen molar-refractivity contribution in [2.24, 2.45) is 0 Å². The van der Waals surface area contributed by atoms with E-state index in [1.807, 2.05) is 27.7 Å². The standard InChI is InChI=1S/C12H26O3/c1-5-12(13,6-2)10-9-11(14-7-3)15-8-4/h11,13H,5-10H2,1-4H3. The topological polar surface area (TPSA) is 38.7 Å². The molecule has 0 unspecified atom stereocenters. The highest BCUT2D eigenvalue weighted by molar-refractivity contribution is 4.75. The Hall–Kier alpha value is -0.120. The van der Waals surface area contributed by atoms with Gasteiger partial charge in [-0.2, -0.15) is 0 Å². The Bertz CT molecular complexity index is 138. The van der Waals surface area contributed by atoms with E-state index in [0.717, 1.165) is 25.7 Å². The number of ether oxygens (including phenoxy) is 2. The molecule has 0 fully saturated rings. The molecule has 0 atom stereocenters. The van der Waals surface area contributed by atoms with Gasteiger partial charge in [0.25, 0.3) is 0 Å². The van der Waals surface area contributed by atoms with Crippen LogP contribution in [0.15, 0.2) is 0 Å². The van der Waals surface area contributed by atoms with E-state index in [9.17, 15) is 5.11 Å². The van der Waals surface area contributed by atoms with Crippen molar-refractivity contribution in [1.82, 2.24) is 0 Å². The van der Waals surface area contributed by atoms with Crippen molar-refractivity contribution < 1.29 is 14.6 Å². The highest BCUT2D eigenvalue weighted by Gasteiger charge is 2.23. The van der Waals surface area contributed by atoms with Gasteiger partial charge in [-0.15, -0.1) is 0 Å². The first-order valence-corrected chi connectivity index (χ1v) is 6.07. The Morgan fingerprint density at radius 1 is 1.00 bits per heavy atom. The monoisotopic (exact) mass is 218 g/mol. The fraction of sp³-hybridized carbons (Fsp3) is 1.00. The fourth-order valence-electron chi connectivity index (χ4n) is 1.58. The zero-order valence-electron chi connectivity index (χ0n) is 10.6. The molecule has 0 radical (unpaired) electrons. The zero-order chi connectivity index (χ0) is 11.7. The Morgan fingerprint density at radius 2 is 1.47 bits per heavy atom. The summed E-state index contributed by atoms with van der Waals surface area (Å²) in [4.78, 5) is 0. The lowest BCUT2D eigenvalue weighted by molar-refractivity contribution is -0.148. The fourth-order valence-corrected chi connectivity index (χ4v) is 1.58. The van der Waals surface area contributed by atoms with Gasteiger partial charge in [0, 0.05) is 19.6 Å². The summed E-state index contributed by atoms with van der Waals surface area (Å²) in [5.74, 6) is 0. The summed E-state index contributed by atoms with van der Waals surface area (Å²) in [6.45, 7) is 9.25. The van der Waals surface area contributed by atoms with E-state index in [4.69, 9.17) is 9.47 Å². The molecule has 0 aromatic rings. The van der Waals surface area contributed by atoms with Crippen LogP contribution in [0.4, 0.5) is 0 Å².